The largest absolute Gasteiger partial charge is 0.367 e. The molecule has 1 aliphatic carbocycles. The first-order valence-electron chi connectivity index (χ1n) is 10.5. The van der Waals surface area contributed by atoms with Crippen molar-refractivity contribution in [1.29, 1.82) is 0 Å². The Kier molecular flexibility index (Phi) is 5.76. The third kappa shape index (κ3) is 3.97. The maximum absolute atomic E-state index is 12.8. The summed E-state index contributed by atoms with van der Waals surface area (Å²) < 4.78 is 5.69. The summed E-state index contributed by atoms with van der Waals surface area (Å²) >= 11 is 0. The molecule has 1 aromatic carbocycles. The zero-order chi connectivity index (χ0) is 19.4. The fourth-order valence-corrected chi connectivity index (χ4v) is 4.84. The Morgan fingerprint density at radius 1 is 1.29 bits per heavy atom. The molecule has 0 bridgehead atoms. The summed E-state index contributed by atoms with van der Waals surface area (Å²) in [6, 6.07) is 9.98. The molecule has 6 nitrogen and oxygen atoms in total. The van der Waals surface area contributed by atoms with Gasteiger partial charge in [-0.1, -0.05) is 50.1 Å². The van der Waals surface area contributed by atoms with Gasteiger partial charge in [-0.15, -0.1) is 0 Å². The number of carbonyl (C=O) groups excluding carboxylic acids is 1. The first-order valence-corrected chi connectivity index (χ1v) is 10.5. The maximum Gasteiger partial charge on any atom is 0.248 e. The lowest BCUT2D eigenvalue weighted by Crippen LogP contribution is -2.33. The summed E-state index contributed by atoms with van der Waals surface area (Å²) in [4.78, 5) is 19.6. The predicted octanol–water partition coefficient (Wildman–Crippen LogP) is 3.46. The SMILES string of the molecule is CCCc1nc(C2CN(C(=O)COCc3ccccc3)CC23CCCC3)n[nH]1. The Balaban J connectivity index is 1.40. The number of benzene rings is 1. The highest BCUT2D eigenvalue weighted by Crippen LogP contribution is 2.52. The second-order valence-electron chi connectivity index (χ2n) is 8.27. The molecule has 1 saturated heterocycles. The number of hydrogen-bond acceptors (Lipinski definition) is 4. The molecule has 6 heteroatoms. The van der Waals surface area contributed by atoms with Crippen LogP contribution in [0, 0.1) is 5.41 Å². The van der Waals surface area contributed by atoms with Crippen LogP contribution in [0.3, 0.4) is 0 Å². The van der Waals surface area contributed by atoms with Gasteiger partial charge in [-0.2, -0.15) is 5.10 Å². The molecule has 150 valence electrons. The van der Waals surface area contributed by atoms with E-state index in [4.69, 9.17) is 9.72 Å². The number of aromatic amines is 1. The van der Waals surface area contributed by atoms with E-state index in [0.29, 0.717) is 13.2 Å². The molecular formula is C22H30N4O2. The molecule has 1 spiro atoms. The van der Waals surface area contributed by atoms with Crippen LogP contribution in [0.5, 0.6) is 0 Å². The van der Waals surface area contributed by atoms with Crippen LogP contribution in [-0.4, -0.2) is 45.7 Å². The Morgan fingerprint density at radius 3 is 2.82 bits per heavy atom. The molecule has 28 heavy (non-hydrogen) atoms. The Hall–Kier alpha value is -2.21. The van der Waals surface area contributed by atoms with Crippen molar-refractivity contribution in [2.24, 2.45) is 5.41 Å². The predicted molar refractivity (Wildman–Crippen MR) is 107 cm³/mol. The van der Waals surface area contributed by atoms with Gasteiger partial charge in [-0.05, 0) is 30.2 Å². The average Bonchev–Trinajstić information content (AvgIpc) is 3.44. The standard InChI is InChI=1S/C22H30N4O2/c1-2-8-19-23-21(25-24-19)18-13-26(16-22(18)11-6-7-12-22)20(27)15-28-14-17-9-4-3-5-10-17/h3-5,9-10,18H,2,6-8,11-16H2,1H3,(H,23,24,25). The third-order valence-corrected chi connectivity index (χ3v) is 6.28. The van der Waals surface area contributed by atoms with Crippen molar-refractivity contribution in [3.05, 3.63) is 47.5 Å². The number of hydrogen-bond donors (Lipinski definition) is 1. The molecule has 2 aliphatic rings. The number of ether oxygens (including phenoxy) is 1. The smallest absolute Gasteiger partial charge is 0.248 e. The average molecular weight is 383 g/mol. The van der Waals surface area contributed by atoms with Crippen molar-refractivity contribution in [2.75, 3.05) is 19.7 Å². The summed E-state index contributed by atoms with van der Waals surface area (Å²) in [5.41, 5.74) is 1.23. The number of H-pyrrole nitrogens is 1. The Labute approximate surface area is 166 Å². The van der Waals surface area contributed by atoms with E-state index in [1.165, 1.54) is 12.8 Å². The molecule has 1 amide bonds. The molecule has 2 fully saturated rings. The van der Waals surface area contributed by atoms with E-state index in [1.807, 2.05) is 35.2 Å². The molecule has 1 aromatic heterocycles. The number of aryl methyl sites for hydroxylation is 1. The second kappa shape index (κ2) is 8.43. The van der Waals surface area contributed by atoms with Gasteiger partial charge < -0.3 is 9.64 Å². The van der Waals surface area contributed by atoms with Crippen LogP contribution < -0.4 is 0 Å². The number of rotatable bonds is 7. The van der Waals surface area contributed by atoms with E-state index in [0.717, 1.165) is 49.4 Å². The normalized spacial score (nSPS) is 20.9. The monoisotopic (exact) mass is 382 g/mol. The first kappa shape index (κ1) is 19.1. The van der Waals surface area contributed by atoms with E-state index >= 15 is 0 Å². The van der Waals surface area contributed by atoms with Crippen LogP contribution in [0.1, 0.15) is 62.2 Å². The zero-order valence-electron chi connectivity index (χ0n) is 16.7. The summed E-state index contributed by atoms with van der Waals surface area (Å²) in [5, 5.41) is 7.62. The van der Waals surface area contributed by atoms with Gasteiger partial charge in [0.2, 0.25) is 5.91 Å². The second-order valence-corrected chi connectivity index (χ2v) is 8.27. The number of aromatic nitrogens is 3. The van der Waals surface area contributed by atoms with Gasteiger partial charge >= 0.3 is 0 Å². The fraction of sp³-hybridized carbons (Fsp3) is 0.591. The molecule has 2 aromatic rings. The van der Waals surface area contributed by atoms with Gasteiger partial charge in [0.05, 0.1) is 6.61 Å². The molecule has 0 radical (unpaired) electrons. The van der Waals surface area contributed by atoms with Gasteiger partial charge in [0.25, 0.3) is 0 Å². The van der Waals surface area contributed by atoms with Gasteiger partial charge in [0.15, 0.2) is 5.82 Å². The highest BCUT2D eigenvalue weighted by molar-refractivity contribution is 5.78. The van der Waals surface area contributed by atoms with Crippen molar-refractivity contribution in [1.82, 2.24) is 20.1 Å². The highest BCUT2D eigenvalue weighted by Gasteiger charge is 2.51. The van der Waals surface area contributed by atoms with Gasteiger partial charge in [-0.3, -0.25) is 9.89 Å². The van der Waals surface area contributed by atoms with Crippen LogP contribution in [0.25, 0.3) is 0 Å². The summed E-state index contributed by atoms with van der Waals surface area (Å²) in [6.45, 7) is 4.26. The summed E-state index contributed by atoms with van der Waals surface area (Å²) in [7, 11) is 0. The molecule has 1 aliphatic heterocycles. The minimum Gasteiger partial charge on any atom is -0.367 e. The number of likely N-dealkylation sites (tertiary alicyclic amines) is 1. The molecule has 1 saturated carbocycles. The van der Waals surface area contributed by atoms with Crippen molar-refractivity contribution >= 4 is 5.91 Å². The van der Waals surface area contributed by atoms with Gasteiger partial charge in [0.1, 0.15) is 12.4 Å². The third-order valence-electron chi connectivity index (χ3n) is 6.28. The van der Waals surface area contributed by atoms with Crippen LogP contribution >= 0.6 is 0 Å². The zero-order valence-corrected chi connectivity index (χ0v) is 16.7. The summed E-state index contributed by atoms with van der Waals surface area (Å²) in [5.74, 6) is 2.16. The molecule has 4 rings (SSSR count). The van der Waals surface area contributed by atoms with E-state index in [9.17, 15) is 4.79 Å². The minimum atomic E-state index is 0.0778. The van der Waals surface area contributed by atoms with Crippen LogP contribution in [0.15, 0.2) is 30.3 Å². The number of amides is 1. The van der Waals surface area contributed by atoms with E-state index in [1.54, 1.807) is 0 Å². The van der Waals surface area contributed by atoms with Crippen molar-refractivity contribution in [3.8, 4) is 0 Å². The van der Waals surface area contributed by atoms with E-state index < -0.39 is 0 Å². The lowest BCUT2D eigenvalue weighted by Gasteiger charge is -2.27. The van der Waals surface area contributed by atoms with E-state index in [-0.39, 0.29) is 23.8 Å². The van der Waals surface area contributed by atoms with E-state index in [2.05, 4.69) is 17.1 Å². The molecule has 2 heterocycles. The molecule has 1 unspecified atom stereocenters. The first-order chi connectivity index (χ1) is 13.7. The quantitative estimate of drug-likeness (QED) is 0.796. The van der Waals surface area contributed by atoms with Crippen molar-refractivity contribution in [2.45, 2.75) is 58.0 Å². The number of nitrogens with one attached hydrogen (secondary N) is 1. The number of carbonyl (C=O) groups is 1. The number of nitrogens with zero attached hydrogens (tertiary/aromatic N) is 3. The topological polar surface area (TPSA) is 71.1 Å². The Morgan fingerprint density at radius 2 is 2.07 bits per heavy atom. The molecule has 1 atom stereocenters. The maximum atomic E-state index is 12.8. The fourth-order valence-electron chi connectivity index (χ4n) is 4.84. The Bertz CT molecular complexity index is 783. The minimum absolute atomic E-state index is 0.0778. The molecular weight excluding hydrogens is 352 g/mol. The van der Waals surface area contributed by atoms with Gasteiger partial charge in [0, 0.05) is 25.4 Å². The van der Waals surface area contributed by atoms with Crippen LogP contribution in [-0.2, 0) is 22.6 Å². The molecule has 1 N–H and O–H groups in total. The van der Waals surface area contributed by atoms with Crippen LogP contribution in [0.4, 0.5) is 0 Å². The highest BCUT2D eigenvalue weighted by atomic mass is 16.5. The van der Waals surface area contributed by atoms with Crippen molar-refractivity contribution < 1.29 is 9.53 Å². The van der Waals surface area contributed by atoms with Gasteiger partial charge in [-0.25, -0.2) is 4.98 Å². The summed E-state index contributed by atoms with van der Waals surface area (Å²) in [6.07, 6.45) is 6.75. The van der Waals surface area contributed by atoms with Crippen molar-refractivity contribution in [3.63, 3.8) is 0 Å². The lowest BCUT2D eigenvalue weighted by atomic mass is 9.76. The lowest BCUT2D eigenvalue weighted by molar-refractivity contribution is -0.135. The van der Waals surface area contributed by atoms with Crippen LogP contribution in [0.2, 0.25) is 0 Å².